The zero-order valence-corrected chi connectivity index (χ0v) is 22.5. The number of ketones is 1. The molecule has 0 aliphatic heterocycles. The van der Waals surface area contributed by atoms with E-state index in [1.165, 1.54) is 25.7 Å². The summed E-state index contributed by atoms with van der Waals surface area (Å²) in [6.07, 6.45) is 11.9. The quantitative estimate of drug-likeness (QED) is 0.352. The summed E-state index contributed by atoms with van der Waals surface area (Å²) in [5.74, 6) is 2.45. The van der Waals surface area contributed by atoms with Gasteiger partial charge in [-0.25, -0.2) is 0 Å². The van der Waals surface area contributed by atoms with Crippen LogP contribution in [0, 0.1) is 28.6 Å². The zero-order valence-electron chi connectivity index (χ0n) is 20.5. The van der Waals surface area contributed by atoms with Crippen LogP contribution in [0.4, 0.5) is 0 Å². The van der Waals surface area contributed by atoms with E-state index in [4.69, 9.17) is 8.85 Å². The Morgan fingerprint density at radius 1 is 1.00 bits per heavy atom. The monoisotopic (exact) mass is 448 g/mol. The molecule has 0 aromatic heterocycles. The van der Waals surface area contributed by atoms with Gasteiger partial charge in [-0.2, -0.15) is 0 Å². The van der Waals surface area contributed by atoms with Crippen molar-refractivity contribution in [2.24, 2.45) is 28.6 Å². The Balaban J connectivity index is 1.56. The third-order valence-corrected chi connectivity index (χ3v) is 10.8. The molecule has 0 aromatic rings. The van der Waals surface area contributed by atoms with Gasteiger partial charge in [0, 0.05) is 19.1 Å². The summed E-state index contributed by atoms with van der Waals surface area (Å²) in [4.78, 5) is 13.2. The molecule has 170 valence electrons. The minimum Gasteiger partial charge on any atom is -0.417 e. The van der Waals surface area contributed by atoms with Crippen LogP contribution in [0.25, 0.3) is 0 Å². The SMILES string of the molecule is C[C@]12CC[C@H](O[Si](C)(C)C)CC1=CCC1C3CCC(=O)[C@@]3(CO[Si](C)(C)C)CCC12. The Morgan fingerprint density at radius 2 is 1.73 bits per heavy atom. The lowest BCUT2D eigenvalue weighted by Gasteiger charge is -2.57. The molecule has 0 spiro atoms. The summed E-state index contributed by atoms with van der Waals surface area (Å²) in [5.41, 5.74) is 1.81. The number of carbonyl (C=O) groups excluding carboxylic acids is 1. The average molecular weight is 449 g/mol. The van der Waals surface area contributed by atoms with E-state index in [0.29, 0.717) is 35.7 Å². The van der Waals surface area contributed by atoms with Crippen molar-refractivity contribution in [3.05, 3.63) is 11.6 Å². The lowest BCUT2D eigenvalue weighted by atomic mass is 9.48. The van der Waals surface area contributed by atoms with Crippen molar-refractivity contribution >= 4 is 22.4 Å². The van der Waals surface area contributed by atoms with Gasteiger partial charge in [0.05, 0.1) is 5.41 Å². The molecule has 0 saturated heterocycles. The number of fused-ring (bicyclic) bond motifs is 5. The van der Waals surface area contributed by atoms with Crippen molar-refractivity contribution in [1.29, 1.82) is 0 Å². The Hall–Kier alpha value is -0.236. The lowest BCUT2D eigenvalue weighted by Crippen LogP contribution is -2.53. The van der Waals surface area contributed by atoms with E-state index in [9.17, 15) is 4.79 Å². The fourth-order valence-electron chi connectivity index (χ4n) is 7.42. The molecule has 3 unspecified atom stereocenters. The first-order valence-corrected chi connectivity index (χ1v) is 19.2. The number of Topliss-reactive ketones (excluding diaryl/α,β-unsaturated/α-hetero) is 1. The van der Waals surface area contributed by atoms with Gasteiger partial charge in [0.2, 0.25) is 0 Å². The van der Waals surface area contributed by atoms with E-state index in [1.54, 1.807) is 5.57 Å². The van der Waals surface area contributed by atoms with Gasteiger partial charge in [-0.05, 0) is 107 Å². The molecule has 4 rings (SSSR count). The van der Waals surface area contributed by atoms with Crippen molar-refractivity contribution in [1.82, 2.24) is 0 Å². The first-order valence-electron chi connectivity index (χ1n) is 12.4. The third-order valence-electron chi connectivity index (χ3n) is 8.79. The second kappa shape index (κ2) is 7.67. The van der Waals surface area contributed by atoms with Gasteiger partial charge in [-0.1, -0.05) is 18.6 Å². The highest BCUT2D eigenvalue weighted by Gasteiger charge is 2.60. The Morgan fingerprint density at radius 3 is 2.40 bits per heavy atom. The predicted octanol–water partition coefficient (Wildman–Crippen LogP) is 6.57. The first-order chi connectivity index (χ1) is 13.8. The van der Waals surface area contributed by atoms with Crippen molar-refractivity contribution in [3.8, 4) is 0 Å². The van der Waals surface area contributed by atoms with E-state index in [0.717, 1.165) is 31.6 Å². The van der Waals surface area contributed by atoms with Crippen LogP contribution in [0.1, 0.15) is 58.3 Å². The number of allylic oxidation sites excluding steroid dienone is 1. The van der Waals surface area contributed by atoms with Crippen molar-refractivity contribution in [3.63, 3.8) is 0 Å². The number of hydrogen-bond donors (Lipinski definition) is 0. The largest absolute Gasteiger partial charge is 0.417 e. The van der Waals surface area contributed by atoms with E-state index in [1.807, 2.05) is 0 Å². The molecule has 0 radical (unpaired) electrons. The number of carbonyl (C=O) groups is 1. The van der Waals surface area contributed by atoms with Gasteiger partial charge in [-0.3, -0.25) is 4.79 Å². The van der Waals surface area contributed by atoms with Crippen LogP contribution < -0.4 is 0 Å². The molecule has 0 aromatic carbocycles. The fraction of sp³-hybridized carbons (Fsp3) is 0.880. The second-order valence-electron chi connectivity index (χ2n) is 12.9. The van der Waals surface area contributed by atoms with Crippen LogP contribution in [-0.2, 0) is 13.6 Å². The Bertz CT molecular complexity index is 719. The number of hydrogen-bond acceptors (Lipinski definition) is 3. The standard InChI is InChI=1S/C25H44O3Si2/c1-24-14-12-19(28-30(5,6)7)16-18(24)8-9-20-21(24)13-15-25(17-27-29(2,3)4)22(20)10-11-23(25)26/h8,19-22H,9-17H2,1-7H3/t19-,20?,21?,22?,24-,25+/m0/s1. The normalized spacial score (nSPS) is 41.7. The van der Waals surface area contributed by atoms with Crippen molar-refractivity contribution in [2.75, 3.05) is 6.61 Å². The Kier molecular flexibility index (Phi) is 5.87. The molecule has 0 N–H and O–H groups in total. The fourth-order valence-corrected chi connectivity index (χ4v) is 9.31. The van der Waals surface area contributed by atoms with Crippen LogP contribution in [0.2, 0.25) is 39.3 Å². The molecule has 3 fully saturated rings. The van der Waals surface area contributed by atoms with E-state index < -0.39 is 16.6 Å². The van der Waals surface area contributed by atoms with Crippen molar-refractivity contribution < 1.29 is 13.6 Å². The van der Waals surface area contributed by atoms with Crippen molar-refractivity contribution in [2.45, 2.75) is 104 Å². The zero-order chi connectivity index (χ0) is 21.9. The smallest absolute Gasteiger partial charge is 0.184 e. The van der Waals surface area contributed by atoms with E-state index >= 15 is 0 Å². The molecule has 3 saturated carbocycles. The molecule has 5 heteroatoms. The summed E-state index contributed by atoms with van der Waals surface area (Å²) in [5, 5.41) is 0. The average Bonchev–Trinajstić information content (AvgIpc) is 2.96. The van der Waals surface area contributed by atoms with E-state index in [2.05, 4.69) is 52.3 Å². The number of rotatable bonds is 5. The predicted molar refractivity (Wildman–Crippen MR) is 129 cm³/mol. The maximum atomic E-state index is 13.2. The minimum atomic E-state index is -1.62. The lowest BCUT2D eigenvalue weighted by molar-refractivity contribution is -0.137. The summed E-state index contributed by atoms with van der Waals surface area (Å²) in [6, 6.07) is 0. The summed E-state index contributed by atoms with van der Waals surface area (Å²) in [7, 11) is -3.12. The van der Waals surface area contributed by atoms with Crippen LogP contribution in [0.15, 0.2) is 11.6 Å². The third kappa shape index (κ3) is 4.09. The Labute approximate surface area is 186 Å². The van der Waals surface area contributed by atoms with Crippen LogP contribution in [0.3, 0.4) is 0 Å². The highest BCUT2D eigenvalue weighted by molar-refractivity contribution is 6.70. The molecular formula is C25H44O3Si2. The molecular weight excluding hydrogens is 404 g/mol. The molecule has 6 atom stereocenters. The van der Waals surface area contributed by atoms with Gasteiger partial charge >= 0.3 is 0 Å². The van der Waals surface area contributed by atoms with Gasteiger partial charge in [-0.15, -0.1) is 0 Å². The molecule has 4 aliphatic rings. The molecule has 0 amide bonds. The first kappa shape index (κ1) is 22.9. The van der Waals surface area contributed by atoms with E-state index in [-0.39, 0.29) is 5.41 Å². The molecule has 0 bridgehead atoms. The van der Waals surface area contributed by atoms with Crippen LogP contribution in [0.5, 0.6) is 0 Å². The van der Waals surface area contributed by atoms with Gasteiger partial charge in [0.15, 0.2) is 16.6 Å². The maximum Gasteiger partial charge on any atom is 0.184 e. The summed E-state index contributed by atoms with van der Waals surface area (Å²) < 4.78 is 12.9. The summed E-state index contributed by atoms with van der Waals surface area (Å²) in [6.45, 7) is 16.9. The van der Waals surface area contributed by atoms with Crippen LogP contribution >= 0.6 is 0 Å². The molecule has 0 heterocycles. The van der Waals surface area contributed by atoms with Crippen LogP contribution in [-0.4, -0.2) is 35.1 Å². The highest BCUT2D eigenvalue weighted by Crippen LogP contribution is 2.64. The minimum absolute atomic E-state index is 0.179. The van der Waals surface area contributed by atoms with Gasteiger partial charge in [0.1, 0.15) is 5.78 Å². The summed E-state index contributed by atoms with van der Waals surface area (Å²) >= 11 is 0. The topological polar surface area (TPSA) is 35.5 Å². The van der Waals surface area contributed by atoms with Gasteiger partial charge < -0.3 is 8.85 Å². The maximum absolute atomic E-state index is 13.2. The highest BCUT2D eigenvalue weighted by atomic mass is 28.4. The molecule has 30 heavy (non-hydrogen) atoms. The van der Waals surface area contributed by atoms with Gasteiger partial charge in [0.25, 0.3) is 0 Å². The molecule has 4 aliphatic carbocycles. The second-order valence-corrected chi connectivity index (χ2v) is 21.9. The molecule has 3 nitrogen and oxygen atoms in total.